The first kappa shape index (κ1) is 15.7. The lowest BCUT2D eigenvalue weighted by molar-refractivity contribution is 0.172. The number of nitrogens with zero attached hydrogens (tertiary/aromatic N) is 4. The fourth-order valence-electron chi connectivity index (χ4n) is 2.70. The largest absolute Gasteiger partial charge is 0.493 e. The Bertz CT molecular complexity index is 916. The van der Waals surface area contributed by atoms with E-state index in [-0.39, 0.29) is 6.10 Å². The molecular weight excluding hydrogens is 344 g/mol. The van der Waals surface area contributed by atoms with Crippen LogP contribution >= 0.6 is 11.3 Å². The highest BCUT2D eigenvalue weighted by Crippen LogP contribution is 2.41. The maximum atomic E-state index is 5.54. The number of hydrogen-bond donors (Lipinski definition) is 0. The third-order valence-corrected chi connectivity index (χ3v) is 4.88. The van der Waals surface area contributed by atoms with Gasteiger partial charge in [0, 0.05) is 12.0 Å². The van der Waals surface area contributed by atoms with Crippen LogP contribution in [-0.4, -0.2) is 41.1 Å². The molecule has 9 heteroatoms. The van der Waals surface area contributed by atoms with Gasteiger partial charge in [-0.25, -0.2) is 0 Å². The molecule has 0 radical (unpaired) electrons. The number of aromatic nitrogens is 4. The van der Waals surface area contributed by atoms with Crippen molar-refractivity contribution in [3.8, 4) is 28.6 Å². The number of hydrogen-bond acceptors (Lipinski definition) is 8. The second-order valence-corrected chi connectivity index (χ2v) is 6.29. The molecule has 0 N–H and O–H groups in total. The maximum Gasteiger partial charge on any atom is 0.235 e. The predicted molar refractivity (Wildman–Crippen MR) is 91.3 cm³/mol. The standard InChI is InChI=1S/C16H16N4O4S/c1-21-11-7-9(8-12(22-2)13(11)23-3)14-17-18-16-20(14)19-15(25-16)10-5-4-6-24-10/h4,6-8,10H,5H2,1-3H3. The van der Waals surface area contributed by atoms with Crippen molar-refractivity contribution >= 4 is 16.3 Å². The molecule has 1 aromatic carbocycles. The summed E-state index contributed by atoms with van der Waals surface area (Å²) in [4.78, 5) is 0.703. The Morgan fingerprint density at radius 2 is 1.88 bits per heavy atom. The molecule has 0 amide bonds. The Morgan fingerprint density at radius 3 is 2.48 bits per heavy atom. The van der Waals surface area contributed by atoms with E-state index in [0.717, 1.165) is 17.0 Å². The van der Waals surface area contributed by atoms with Gasteiger partial charge in [0.25, 0.3) is 0 Å². The smallest absolute Gasteiger partial charge is 0.235 e. The van der Waals surface area contributed by atoms with Crippen molar-refractivity contribution in [2.45, 2.75) is 12.5 Å². The number of ether oxygens (including phenoxy) is 4. The Morgan fingerprint density at radius 1 is 1.12 bits per heavy atom. The molecule has 2 aromatic heterocycles. The van der Waals surface area contributed by atoms with Gasteiger partial charge in [0.15, 0.2) is 28.4 Å². The lowest BCUT2D eigenvalue weighted by Gasteiger charge is -2.13. The zero-order valence-corrected chi connectivity index (χ0v) is 14.7. The van der Waals surface area contributed by atoms with Crippen LogP contribution < -0.4 is 14.2 Å². The van der Waals surface area contributed by atoms with Gasteiger partial charge in [0.05, 0.1) is 27.6 Å². The molecule has 1 aliphatic heterocycles. The lowest BCUT2D eigenvalue weighted by Crippen LogP contribution is -1.99. The molecule has 25 heavy (non-hydrogen) atoms. The van der Waals surface area contributed by atoms with Crippen LogP contribution in [0, 0.1) is 0 Å². The minimum Gasteiger partial charge on any atom is -0.493 e. The third kappa shape index (κ3) is 2.56. The van der Waals surface area contributed by atoms with E-state index >= 15 is 0 Å². The van der Waals surface area contributed by atoms with Crippen molar-refractivity contribution in [3.63, 3.8) is 0 Å². The summed E-state index contributed by atoms with van der Waals surface area (Å²) < 4.78 is 23.4. The first-order valence-corrected chi connectivity index (χ1v) is 8.39. The van der Waals surface area contributed by atoms with Crippen molar-refractivity contribution in [3.05, 3.63) is 29.5 Å². The number of fused-ring (bicyclic) bond motifs is 1. The Hall–Kier alpha value is -2.81. The molecule has 4 rings (SSSR count). The van der Waals surface area contributed by atoms with E-state index in [4.69, 9.17) is 18.9 Å². The normalized spacial score (nSPS) is 16.2. The van der Waals surface area contributed by atoms with Crippen LogP contribution in [0.4, 0.5) is 0 Å². The fraction of sp³-hybridized carbons (Fsp3) is 0.312. The molecule has 0 aliphatic carbocycles. The molecule has 130 valence electrons. The number of rotatable bonds is 5. The Labute approximate surface area is 147 Å². The van der Waals surface area contributed by atoms with Gasteiger partial charge in [0.1, 0.15) is 0 Å². The van der Waals surface area contributed by atoms with Crippen molar-refractivity contribution in [1.82, 2.24) is 19.8 Å². The third-order valence-electron chi connectivity index (χ3n) is 3.89. The van der Waals surface area contributed by atoms with Gasteiger partial charge in [-0.2, -0.15) is 9.61 Å². The molecule has 0 fully saturated rings. The minimum absolute atomic E-state index is 0.0560. The van der Waals surface area contributed by atoms with E-state index in [1.54, 1.807) is 32.1 Å². The van der Waals surface area contributed by atoms with Crippen molar-refractivity contribution in [2.24, 2.45) is 0 Å². The van der Waals surface area contributed by atoms with Crippen LogP contribution in [0.2, 0.25) is 0 Å². The van der Waals surface area contributed by atoms with Crippen molar-refractivity contribution < 1.29 is 18.9 Å². The highest BCUT2D eigenvalue weighted by atomic mass is 32.1. The van der Waals surface area contributed by atoms with Gasteiger partial charge < -0.3 is 18.9 Å². The second-order valence-electron chi connectivity index (χ2n) is 5.30. The summed E-state index contributed by atoms with van der Waals surface area (Å²) in [6.45, 7) is 0. The van der Waals surface area contributed by atoms with Gasteiger partial charge in [-0.05, 0) is 18.2 Å². The first-order valence-electron chi connectivity index (χ1n) is 7.58. The molecule has 1 atom stereocenters. The maximum absolute atomic E-state index is 5.54. The molecule has 3 heterocycles. The summed E-state index contributed by atoms with van der Waals surface area (Å²) in [5.74, 6) is 2.22. The zero-order chi connectivity index (χ0) is 17.4. The van der Waals surface area contributed by atoms with Crippen LogP contribution in [0.15, 0.2) is 24.5 Å². The van der Waals surface area contributed by atoms with E-state index in [1.807, 2.05) is 18.2 Å². The molecular formula is C16H16N4O4S. The monoisotopic (exact) mass is 360 g/mol. The Kier molecular flexibility index (Phi) is 3.92. The SMILES string of the molecule is COc1cc(-c2nnc3sc(C4CC=CO4)nn23)cc(OC)c1OC. The average Bonchev–Trinajstić information content (AvgIpc) is 3.36. The number of benzene rings is 1. The Balaban J connectivity index is 1.81. The molecule has 3 aromatic rings. The van der Waals surface area contributed by atoms with E-state index in [0.29, 0.717) is 28.0 Å². The van der Waals surface area contributed by atoms with Gasteiger partial charge in [-0.1, -0.05) is 11.3 Å². The van der Waals surface area contributed by atoms with Gasteiger partial charge >= 0.3 is 0 Å². The van der Waals surface area contributed by atoms with Crippen LogP contribution in [0.25, 0.3) is 16.3 Å². The molecule has 8 nitrogen and oxygen atoms in total. The highest BCUT2D eigenvalue weighted by Gasteiger charge is 2.23. The summed E-state index contributed by atoms with van der Waals surface area (Å²) >= 11 is 1.46. The molecule has 0 bridgehead atoms. The summed E-state index contributed by atoms with van der Waals surface area (Å²) in [5, 5.41) is 14.0. The summed E-state index contributed by atoms with van der Waals surface area (Å²) in [6.07, 6.45) is 4.43. The van der Waals surface area contributed by atoms with E-state index < -0.39 is 0 Å². The lowest BCUT2D eigenvalue weighted by atomic mass is 10.1. The zero-order valence-electron chi connectivity index (χ0n) is 13.9. The highest BCUT2D eigenvalue weighted by molar-refractivity contribution is 7.16. The van der Waals surface area contributed by atoms with Crippen molar-refractivity contribution in [1.29, 1.82) is 0 Å². The van der Waals surface area contributed by atoms with Gasteiger partial charge in [-0.15, -0.1) is 10.2 Å². The van der Waals surface area contributed by atoms with Crippen LogP contribution in [-0.2, 0) is 4.74 Å². The average molecular weight is 360 g/mol. The fourth-order valence-corrected chi connectivity index (χ4v) is 3.58. The van der Waals surface area contributed by atoms with Gasteiger partial charge in [-0.3, -0.25) is 0 Å². The first-order chi connectivity index (χ1) is 12.2. The molecule has 1 aliphatic rings. The quantitative estimate of drug-likeness (QED) is 0.692. The number of methoxy groups -OCH3 is 3. The van der Waals surface area contributed by atoms with E-state index in [2.05, 4.69) is 15.3 Å². The second kappa shape index (κ2) is 6.25. The summed E-state index contributed by atoms with van der Waals surface area (Å²) in [6, 6.07) is 3.65. The van der Waals surface area contributed by atoms with E-state index in [9.17, 15) is 0 Å². The van der Waals surface area contributed by atoms with Crippen molar-refractivity contribution in [2.75, 3.05) is 21.3 Å². The molecule has 0 spiro atoms. The van der Waals surface area contributed by atoms with Gasteiger partial charge in [0.2, 0.25) is 10.7 Å². The van der Waals surface area contributed by atoms with Crippen LogP contribution in [0.1, 0.15) is 17.5 Å². The van der Waals surface area contributed by atoms with E-state index in [1.165, 1.54) is 11.3 Å². The summed E-state index contributed by atoms with van der Waals surface area (Å²) in [5.41, 5.74) is 0.768. The van der Waals surface area contributed by atoms with Crippen LogP contribution in [0.3, 0.4) is 0 Å². The predicted octanol–water partition coefficient (Wildman–Crippen LogP) is 2.85. The topological polar surface area (TPSA) is 80.0 Å². The minimum atomic E-state index is -0.0560. The molecule has 0 saturated carbocycles. The molecule has 1 unspecified atom stereocenters. The summed E-state index contributed by atoms with van der Waals surface area (Å²) in [7, 11) is 4.72. The molecule has 0 saturated heterocycles. The van der Waals surface area contributed by atoms with Crippen LogP contribution in [0.5, 0.6) is 17.2 Å².